The Kier molecular flexibility index (Phi) is 9.44. The molecule has 1 N–H and O–H groups in total. The summed E-state index contributed by atoms with van der Waals surface area (Å²) in [7, 11) is 0. The standard InChI is InChI=1S/C14H28N4/c1-2-3-4-5-6-7-8-10-15-11-9-13-18-14-12-16-17-18/h12,14-15H,2-11,13H2,1H3. The van der Waals surface area contributed by atoms with Gasteiger partial charge in [-0.15, -0.1) is 5.10 Å². The maximum Gasteiger partial charge on any atom is 0.0692 e. The molecular weight excluding hydrogens is 224 g/mol. The molecule has 1 aromatic rings. The summed E-state index contributed by atoms with van der Waals surface area (Å²) in [5.41, 5.74) is 0. The van der Waals surface area contributed by atoms with E-state index in [1.165, 1.54) is 44.9 Å². The van der Waals surface area contributed by atoms with Crippen LogP contribution in [-0.4, -0.2) is 28.1 Å². The number of unbranched alkanes of at least 4 members (excludes halogenated alkanes) is 6. The zero-order valence-electron chi connectivity index (χ0n) is 11.8. The van der Waals surface area contributed by atoms with E-state index in [1.54, 1.807) is 6.20 Å². The molecule has 0 saturated carbocycles. The van der Waals surface area contributed by atoms with Gasteiger partial charge in [0.1, 0.15) is 0 Å². The van der Waals surface area contributed by atoms with Crippen molar-refractivity contribution in [3.8, 4) is 0 Å². The molecule has 0 bridgehead atoms. The van der Waals surface area contributed by atoms with E-state index in [1.807, 2.05) is 10.9 Å². The lowest BCUT2D eigenvalue weighted by Crippen LogP contribution is -2.18. The molecule has 0 atom stereocenters. The van der Waals surface area contributed by atoms with Crippen molar-refractivity contribution in [3.05, 3.63) is 12.4 Å². The highest BCUT2D eigenvalue weighted by Crippen LogP contribution is 2.06. The fourth-order valence-electron chi connectivity index (χ4n) is 2.05. The maximum atomic E-state index is 3.94. The van der Waals surface area contributed by atoms with Gasteiger partial charge in [0.15, 0.2) is 0 Å². The molecule has 18 heavy (non-hydrogen) atoms. The molecule has 0 spiro atoms. The summed E-state index contributed by atoms with van der Waals surface area (Å²) in [6.45, 7) is 5.47. The average Bonchev–Trinajstić information content (AvgIpc) is 2.89. The van der Waals surface area contributed by atoms with Gasteiger partial charge in [0, 0.05) is 12.7 Å². The van der Waals surface area contributed by atoms with Crippen LogP contribution in [0.3, 0.4) is 0 Å². The predicted molar refractivity (Wildman–Crippen MR) is 75.5 cm³/mol. The number of nitrogens with one attached hydrogen (secondary N) is 1. The van der Waals surface area contributed by atoms with Gasteiger partial charge in [-0.1, -0.05) is 50.7 Å². The summed E-state index contributed by atoms with van der Waals surface area (Å²) in [5, 5.41) is 11.2. The van der Waals surface area contributed by atoms with Gasteiger partial charge >= 0.3 is 0 Å². The Hall–Kier alpha value is -0.900. The number of hydrogen-bond donors (Lipinski definition) is 1. The number of aryl methyl sites for hydroxylation is 1. The average molecular weight is 252 g/mol. The van der Waals surface area contributed by atoms with Crippen molar-refractivity contribution >= 4 is 0 Å². The lowest BCUT2D eigenvalue weighted by atomic mass is 10.1. The Bertz CT molecular complexity index is 259. The first-order valence-corrected chi connectivity index (χ1v) is 7.48. The lowest BCUT2D eigenvalue weighted by molar-refractivity contribution is 0.515. The van der Waals surface area contributed by atoms with Crippen molar-refractivity contribution < 1.29 is 0 Å². The third-order valence-corrected chi connectivity index (χ3v) is 3.17. The largest absolute Gasteiger partial charge is 0.317 e. The SMILES string of the molecule is CCCCCCCCCNCCCn1ccnn1. The molecule has 104 valence electrons. The lowest BCUT2D eigenvalue weighted by Gasteiger charge is -2.04. The molecule has 4 heteroatoms. The van der Waals surface area contributed by atoms with Gasteiger partial charge in [0.2, 0.25) is 0 Å². The Morgan fingerprint density at radius 3 is 2.39 bits per heavy atom. The van der Waals surface area contributed by atoms with Crippen molar-refractivity contribution in [1.29, 1.82) is 0 Å². The number of aromatic nitrogens is 3. The molecule has 0 saturated heterocycles. The minimum Gasteiger partial charge on any atom is -0.317 e. The van der Waals surface area contributed by atoms with E-state index in [0.717, 1.165) is 26.1 Å². The van der Waals surface area contributed by atoms with Gasteiger partial charge in [-0.05, 0) is 25.9 Å². The van der Waals surface area contributed by atoms with Gasteiger partial charge in [-0.2, -0.15) is 0 Å². The molecule has 0 unspecified atom stereocenters. The highest BCUT2D eigenvalue weighted by Gasteiger charge is 1.93. The van der Waals surface area contributed by atoms with Crippen molar-refractivity contribution in [2.75, 3.05) is 13.1 Å². The van der Waals surface area contributed by atoms with Crippen molar-refractivity contribution in [2.24, 2.45) is 0 Å². The second kappa shape index (κ2) is 11.2. The second-order valence-corrected chi connectivity index (χ2v) is 4.89. The van der Waals surface area contributed by atoms with Gasteiger partial charge in [0.25, 0.3) is 0 Å². The van der Waals surface area contributed by atoms with E-state index in [9.17, 15) is 0 Å². The summed E-state index contributed by atoms with van der Waals surface area (Å²) in [6.07, 6.45) is 14.4. The predicted octanol–water partition coefficient (Wildman–Crippen LogP) is 3.01. The molecule has 1 heterocycles. The minimum absolute atomic E-state index is 0.962. The molecule has 0 amide bonds. The smallest absolute Gasteiger partial charge is 0.0692 e. The van der Waals surface area contributed by atoms with Crippen LogP contribution in [0.4, 0.5) is 0 Å². The van der Waals surface area contributed by atoms with Crippen LogP contribution in [-0.2, 0) is 6.54 Å². The Balaban J connectivity index is 1.73. The maximum absolute atomic E-state index is 3.94. The zero-order valence-corrected chi connectivity index (χ0v) is 11.8. The van der Waals surface area contributed by atoms with Crippen LogP contribution in [0, 0.1) is 0 Å². The first-order chi connectivity index (χ1) is 8.93. The van der Waals surface area contributed by atoms with Gasteiger partial charge < -0.3 is 5.32 Å². The van der Waals surface area contributed by atoms with E-state index in [-0.39, 0.29) is 0 Å². The molecule has 1 rings (SSSR count). The third-order valence-electron chi connectivity index (χ3n) is 3.17. The summed E-state index contributed by atoms with van der Waals surface area (Å²) < 4.78 is 1.88. The number of nitrogens with zero attached hydrogens (tertiary/aromatic N) is 3. The van der Waals surface area contributed by atoms with E-state index < -0.39 is 0 Å². The molecule has 0 fully saturated rings. The molecule has 0 radical (unpaired) electrons. The molecule has 1 aromatic heterocycles. The van der Waals surface area contributed by atoms with E-state index in [4.69, 9.17) is 0 Å². The van der Waals surface area contributed by atoms with Crippen LogP contribution in [0.2, 0.25) is 0 Å². The van der Waals surface area contributed by atoms with E-state index in [0.29, 0.717) is 0 Å². The fraction of sp³-hybridized carbons (Fsp3) is 0.857. The molecule has 0 aliphatic rings. The number of hydrogen-bond acceptors (Lipinski definition) is 3. The van der Waals surface area contributed by atoms with Crippen LogP contribution in [0.1, 0.15) is 58.3 Å². The molecule has 0 aliphatic carbocycles. The van der Waals surface area contributed by atoms with Gasteiger partial charge in [-0.3, -0.25) is 4.68 Å². The normalized spacial score (nSPS) is 10.9. The van der Waals surface area contributed by atoms with Crippen LogP contribution >= 0.6 is 0 Å². The highest BCUT2D eigenvalue weighted by molar-refractivity contribution is 4.63. The quantitative estimate of drug-likeness (QED) is 0.581. The first kappa shape index (κ1) is 15.2. The Labute approximate surface area is 111 Å². The van der Waals surface area contributed by atoms with Crippen LogP contribution in [0.5, 0.6) is 0 Å². The van der Waals surface area contributed by atoms with E-state index >= 15 is 0 Å². The van der Waals surface area contributed by atoms with E-state index in [2.05, 4.69) is 22.6 Å². The van der Waals surface area contributed by atoms with Crippen LogP contribution in [0.15, 0.2) is 12.4 Å². The van der Waals surface area contributed by atoms with Gasteiger partial charge in [-0.25, -0.2) is 0 Å². The highest BCUT2D eigenvalue weighted by atomic mass is 15.4. The Morgan fingerprint density at radius 1 is 0.944 bits per heavy atom. The number of rotatable bonds is 12. The van der Waals surface area contributed by atoms with Gasteiger partial charge in [0.05, 0.1) is 6.20 Å². The molecule has 0 aromatic carbocycles. The summed E-state index contributed by atoms with van der Waals surface area (Å²) in [5.74, 6) is 0. The van der Waals surface area contributed by atoms with Crippen LogP contribution in [0.25, 0.3) is 0 Å². The zero-order chi connectivity index (χ0) is 12.9. The molecule has 4 nitrogen and oxygen atoms in total. The van der Waals surface area contributed by atoms with Crippen molar-refractivity contribution in [3.63, 3.8) is 0 Å². The first-order valence-electron chi connectivity index (χ1n) is 7.48. The summed E-state index contributed by atoms with van der Waals surface area (Å²) in [4.78, 5) is 0. The Morgan fingerprint density at radius 2 is 1.67 bits per heavy atom. The summed E-state index contributed by atoms with van der Waals surface area (Å²) >= 11 is 0. The van der Waals surface area contributed by atoms with Crippen LogP contribution < -0.4 is 5.32 Å². The summed E-state index contributed by atoms with van der Waals surface area (Å²) in [6, 6.07) is 0. The van der Waals surface area contributed by atoms with Crippen molar-refractivity contribution in [2.45, 2.75) is 64.8 Å². The van der Waals surface area contributed by atoms with Crippen molar-refractivity contribution in [1.82, 2.24) is 20.3 Å². The third kappa shape index (κ3) is 8.23. The fourth-order valence-corrected chi connectivity index (χ4v) is 2.05. The monoisotopic (exact) mass is 252 g/mol. The molecular formula is C14H28N4. The minimum atomic E-state index is 0.962. The molecule has 0 aliphatic heterocycles. The second-order valence-electron chi connectivity index (χ2n) is 4.89. The topological polar surface area (TPSA) is 42.7 Å².